The standard InChI is InChI=1S/C41H55N5O9S/c1-6-34-35(47)43-41(37(49)44-56(52,53)32-20-18-28(2)19-21-32)26-31(41)16-10-8-7-9-11-17-33(42-38(50)55-40(3,4)5)36(48)46(34)24-25-54-39(51)45-23-22-29-14-12-13-15-30(29)27-45/h10,12-16,18-21,31,33-34H,6-9,11,17,22-27H2,1-5H3,(H,42,50)(H,43,47)(H,44,49)/b16-10-/t31-,33+,34+,41-/m1/s1. The Labute approximate surface area is 329 Å². The monoisotopic (exact) mass is 793 g/mol. The zero-order chi connectivity index (χ0) is 40.7. The topological polar surface area (TPSA) is 181 Å². The molecule has 3 N–H and O–H groups in total. The number of allylic oxidation sites excluding steroid dienone is 1. The van der Waals surface area contributed by atoms with Gasteiger partial charge in [-0.05, 0) is 89.5 Å². The number of carbonyl (C=O) groups is 5. The van der Waals surface area contributed by atoms with Crippen LogP contribution in [0.15, 0.2) is 65.6 Å². The summed E-state index contributed by atoms with van der Waals surface area (Å²) >= 11 is 0. The number of alkyl carbamates (subject to hydrolysis) is 1. The number of amides is 5. The lowest BCUT2D eigenvalue weighted by molar-refractivity contribution is -0.144. The number of hydrogen-bond donors (Lipinski definition) is 3. The second-order valence-electron chi connectivity index (χ2n) is 15.8. The van der Waals surface area contributed by atoms with E-state index in [1.54, 1.807) is 44.7 Å². The van der Waals surface area contributed by atoms with Crippen LogP contribution in [0.5, 0.6) is 0 Å². The lowest BCUT2D eigenvalue weighted by Gasteiger charge is -2.35. The van der Waals surface area contributed by atoms with Crippen molar-refractivity contribution in [3.63, 3.8) is 0 Å². The lowest BCUT2D eigenvalue weighted by atomic mass is 10.0. The van der Waals surface area contributed by atoms with Gasteiger partial charge in [-0.2, -0.15) is 0 Å². The summed E-state index contributed by atoms with van der Waals surface area (Å²) in [5.41, 5.74) is 0.593. The highest BCUT2D eigenvalue weighted by Gasteiger charge is 2.61. The van der Waals surface area contributed by atoms with Gasteiger partial charge in [0, 0.05) is 19.0 Å². The van der Waals surface area contributed by atoms with Crippen LogP contribution in [0.25, 0.3) is 0 Å². The molecule has 3 aliphatic rings. The fraction of sp³-hybridized carbons (Fsp3) is 0.537. The van der Waals surface area contributed by atoms with Crippen molar-refractivity contribution in [3.8, 4) is 0 Å². The zero-order valence-corrected chi connectivity index (χ0v) is 33.8. The number of carbonyl (C=O) groups excluding carboxylic acids is 5. The van der Waals surface area contributed by atoms with Crippen LogP contribution < -0.4 is 15.4 Å². The average Bonchev–Trinajstić information content (AvgIpc) is 3.84. The molecule has 4 atom stereocenters. The Kier molecular flexibility index (Phi) is 13.5. The first-order chi connectivity index (χ1) is 26.5. The highest BCUT2D eigenvalue weighted by Crippen LogP contribution is 2.45. The molecule has 15 heteroatoms. The summed E-state index contributed by atoms with van der Waals surface area (Å²) in [6.45, 7) is 9.02. The molecule has 2 heterocycles. The van der Waals surface area contributed by atoms with E-state index in [2.05, 4.69) is 15.4 Å². The van der Waals surface area contributed by atoms with Crippen LogP contribution in [0, 0.1) is 12.8 Å². The quantitative estimate of drug-likeness (QED) is 0.314. The molecule has 2 aromatic rings. The lowest BCUT2D eigenvalue weighted by Crippen LogP contribution is -2.60. The third kappa shape index (κ3) is 10.7. The molecule has 0 radical (unpaired) electrons. The van der Waals surface area contributed by atoms with E-state index in [0.29, 0.717) is 32.4 Å². The number of ether oxygens (including phenoxy) is 2. The number of hydrogen-bond acceptors (Lipinski definition) is 9. The molecule has 14 nitrogen and oxygen atoms in total. The van der Waals surface area contributed by atoms with Gasteiger partial charge in [-0.1, -0.05) is 73.9 Å². The molecule has 0 spiro atoms. The van der Waals surface area contributed by atoms with E-state index in [-0.39, 0.29) is 37.3 Å². The molecule has 2 aromatic carbocycles. The molecule has 1 saturated carbocycles. The second-order valence-corrected chi connectivity index (χ2v) is 17.5. The van der Waals surface area contributed by atoms with Crippen LogP contribution in [0.3, 0.4) is 0 Å². The van der Waals surface area contributed by atoms with Crippen molar-refractivity contribution in [1.82, 2.24) is 25.2 Å². The largest absolute Gasteiger partial charge is 0.448 e. The van der Waals surface area contributed by atoms with Crippen molar-refractivity contribution in [3.05, 3.63) is 77.4 Å². The minimum absolute atomic E-state index is 0.0907. The Morgan fingerprint density at radius 2 is 1.71 bits per heavy atom. The smallest absolute Gasteiger partial charge is 0.410 e. The van der Waals surface area contributed by atoms with Crippen molar-refractivity contribution in [2.24, 2.45) is 5.92 Å². The molecule has 56 heavy (non-hydrogen) atoms. The molecular weight excluding hydrogens is 739 g/mol. The third-order valence-electron chi connectivity index (χ3n) is 10.3. The van der Waals surface area contributed by atoms with E-state index >= 15 is 0 Å². The minimum Gasteiger partial charge on any atom is -0.448 e. The van der Waals surface area contributed by atoms with Crippen LogP contribution in [0.4, 0.5) is 9.59 Å². The van der Waals surface area contributed by atoms with Gasteiger partial charge < -0.3 is 29.9 Å². The van der Waals surface area contributed by atoms with E-state index < -0.39 is 69.1 Å². The molecule has 0 aromatic heterocycles. The SMILES string of the molecule is CC[C@H]1C(=O)N[C@]2(C(=O)NS(=O)(=O)c3ccc(C)cc3)C[C@H]2/C=C\CCCCC[C@H](NC(=O)OC(C)(C)C)C(=O)N1CCOC(=O)N1CCc2ccccc2C1. The second kappa shape index (κ2) is 17.9. The number of nitrogens with zero attached hydrogens (tertiary/aromatic N) is 2. The maximum atomic E-state index is 14.5. The van der Waals surface area contributed by atoms with Crippen LogP contribution in [-0.2, 0) is 46.8 Å². The van der Waals surface area contributed by atoms with Crippen molar-refractivity contribution in [2.75, 3.05) is 19.7 Å². The Balaban J connectivity index is 1.40. The molecule has 0 bridgehead atoms. The maximum absolute atomic E-state index is 14.5. The normalized spacial score (nSPS) is 23.9. The first-order valence-electron chi connectivity index (χ1n) is 19.4. The summed E-state index contributed by atoms with van der Waals surface area (Å²) in [5.74, 6) is -2.66. The van der Waals surface area contributed by atoms with Gasteiger partial charge in [0.2, 0.25) is 11.8 Å². The van der Waals surface area contributed by atoms with Gasteiger partial charge in [0.1, 0.15) is 29.8 Å². The first-order valence-corrected chi connectivity index (χ1v) is 20.9. The van der Waals surface area contributed by atoms with E-state index in [4.69, 9.17) is 9.47 Å². The summed E-state index contributed by atoms with van der Waals surface area (Å²) in [5, 5.41) is 5.54. The number of rotatable bonds is 8. The summed E-state index contributed by atoms with van der Waals surface area (Å²) in [6, 6.07) is 11.6. The van der Waals surface area contributed by atoms with Gasteiger partial charge in [0.05, 0.1) is 11.4 Å². The predicted molar refractivity (Wildman–Crippen MR) is 209 cm³/mol. The molecule has 0 saturated heterocycles. The minimum atomic E-state index is -4.28. The summed E-state index contributed by atoms with van der Waals surface area (Å²) in [7, 11) is -4.28. The Morgan fingerprint density at radius 1 is 1.00 bits per heavy atom. The van der Waals surface area contributed by atoms with Crippen LogP contribution in [0.1, 0.15) is 89.3 Å². The molecule has 2 aliphatic heterocycles. The maximum Gasteiger partial charge on any atom is 0.410 e. The summed E-state index contributed by atoms with van der Waals surface area (Å²) < 4.78 is 40.0. The predicted octanol–water partition coefficient (Wildman–Crippen LogP) is 4.89. The molecule has 5 amide bonds. The van der Waals surface area contributed by atoms with Gasteiger partial charge in [-0.3, -0.25) is 14.4 Å². The van der Waals surface area contributed by atoms with E-state index in [0.717, 1.165) is 29.5 Å². The van der Waals surface area contributed by atoms with Gasteiger partial charge in [-0.25, -0.2) is 22.7 Å². The van der Waals surface area contributed by atoms with Crippen molar-refractivity contribution in [2.45, 2.75) is 121 Å². The fourth-order valence-corrected chi connectivity index (χ4v) is 8.21. The number of aryl methyl sites for hydroxylation is 1. The molecule has 1 aliphatic carbocycles. The van der Waals surface area contributed by atoms with Crippen molar-refractivity contribution >= 4 is 39.9 Å². The Hall–Kier alpha value is -4.92. The van der Waals surface area contributed by atoms with Crippen LogP contribution in [0.2, 0.25) is 0 Å². The number of nitrogens with one attached hydrogen (secondary N) is 3. The van der Waals surface area contributed by atoms with Gasteiger partial charge in [0.25, 0.3) is 15.9 Å². The van der Waals surface area contributed by atoms with Gasteiger partial charge >= 0.3 is 12.2 Å². The van der Waals surface area contributed by atoms with Crippen LogP contribution in [-0.4, -0.2) is 91.0 Å². The zero-order valence-electron chi connectivity index (χ0n) is 33.0. The number of fused-ring (bicyclic) bond motifs is 2. The summed E-state index contributed by atoms with van der Waals surface area (Å²) in [4.78, 5) is 71.8. The van der Waals surface area contributed by atoms with Crippen molar-refractivity contribution in [1.29, 1.82) is 0 Å². The number of sulfonamides is 1. The fourth-order valence-electron chi connectivity index (χ4n) is 7.17. The van der Waals surface area contributed by atoms with Gasteiger partial charge in [0.15, 0.2) is 0 Å². The Bertz CT molecular complexity index is 1910. The van der Waals surface area contributed by atoms with E-state index in [9.17, 15) is 32.4 Å². The number of benzene rings is 2. The molecule has 304 valence electrons. The van der Waals surface area contributed by atoms with E-state index in [1.165, 1.54) is 17.0 Å². The average molecular weight is 794 g/mol. The van der Waals surface area contributed by atoms with Crippen molar-refractivity contribution < 1.29 is 41.9 Å². The molecule has 1 fully saturated rings. The van der Waals surface area contributed by atoms with Crippen LogP contribution >= 0.6 is 0 Å². The first kappa shape index (κ1) is 42.2. The molecule has 5 rings (SSSR count). The Morgan fingerprint density at radius 3 is 2.41 bits per heavy atom. The summed E-state index contributed by atoms with van der Waals surface area (Å²) in [6.07, 6.45) is 6.26. The highest BCUT2D eigenvalue weighted by atomic mass is 32.2. The highest BCUT2D eigenvalue weighted by molar-refractivity contribution is 7.90. The molecule has 0 unspecified atom stereocenters. The van der Waals surface area contributed by atoms with E-state index in [1.807, 2.05) is 43.3 Å². The molecular formula is C41H55N5O9S. The third-order valence-corrected chi connectivity index (χ3v) is 11.7. The van der Waals surface area contributed by atoms with Gasteiger partial charge in [-0.15, -0.1) is 0 Å².